The van der Waals surface area contributed by atoms with Gasteiger partial charge in [0.25, 0.3) is 5.91 Å². The van der Waals surface area contributed by atoms with E-state index in [2.05, 4.69) is 5.32 Å². The molecule has 1 atom stereocenters. The summed E-state index contributed by atoms with van der Waals surface area (Å²) < 4.78 is 41.5. The molecule has 0 aliphatic heterocycles. The predicted octanol–water partition coefficient (Wildman–Crippen LogP) is 2.27. The van der Waals surface area contributed by atoms with E-state index in [9.17, 15) is 22.4 Å². The van der Waals surface area contributed by atoms with Crippen molar-refractivity contribution in [3.8, 4) is 0 Å². The van der Waals surface area contributed by atoms with Crippen LogP contribution in [0.25, 0.3) is 0 Å². The molecule has 0 unspecified atom stereocenters. The van der Waals surface area contributed by atoms with Crippen LogP contribution in [-0.4, -0.2) is 26.4 Å². The summed E-state index contributed by atoms with van der Waals surface area (Å²) in [5.74, 6) is -2.78. The summed E-state index contributed by atoms with van der Waals surface area (Å²) in [6.45, 7) is 4.99. The molecule has 0 aromatic heterocycles. The maximum absolute atomic E-state index is 13.9. The summed E-state index contributed by atoms with van der Waals surface area (Å²) in [5, 5.41) is 7.60. The molecule has 0 aliphatic carbocycles. The zero-order valence-electron chi connectivity index (χ0n) is 14.9. The molecule has 2 rings (SSSR count). The third-order valence-electron chi connectivity index (χ3n) is 3.79. The van der Waals surface area contributed by atoms with E-state index in [1.54, 1.807) is 13.0 Å². The van der Waals surface area contributed by atoms with Crippen molar-refractivity contribution in [2.45, 2.75) is 31.8 Å². The fourth-order valence-corrected chi connectivity index (χ4v) is 2.76. The maximum atomic E-state index is 13.9. The number of ether oxygens (including phenoxy) is 1. The summed E-state index contributed by atoms with van der Waals surface area (Å²) in [6.07, 6.45) is -1.24. The second kappa shape index (κ2) is 7.85. The first-order valence-corrected chi connectivity index (χ1v) is 9.45. The van der Waals surface area contributed by atoms with Crippen LogP contribution in [0.4, 0.5) is 10.1 Å². The summed E-state index contributed by atoms with van der Waals surface area (Å²) in [6, 6.07) is 7.96. The molecule has 3 N–H and O–H groups in total. The Labute approximate surface area is 156 Å². The highest BCUT2D eigenvalue weighted by Crippen LogP contribution is 2.18. The lowest BCUT2D eigenvalue weighted by Gasteiger charge is -2.15. The van der Waals surface area contributed by atoms with Gasteiger partial charge in [-0.3, -0.25) is 4.79 Å². The average Bonchev–Trinajstić information content (AvgIpc) is 2.57. The Morgan fingerprint density at radius 1 is 1.15 bits per heavy atom. The molecule has 0 heterocycles. The standard InChI is InChI=1S/C18H19FN2O5S/c1-10-4-5-11(2)16(8-10)21-17(22)12(3)26-18(23)14-9-13(27(20,24)25)6-7-15(14)19/h4-9,12H,1-3H3,(H,21,22)(H2,20,24,25)/t12-/m0/s1. The second-order valence-corrected chi connectivity index (χ2v) is 7.60. The molecule has 0 radical (unpaired) electrons. The number of sulfonamides is 1. The predicted molar refractivity (Wildman–Crippen MR) is 97.2 cm³/mol. The molecule has 0 saturated heterocycles. The fraction of sp³-hybridized carbons (Fsp3) is 0.222. The summed E-state index contributed by atoms with van der Waals surface area (Å²) in [7, 11) is -4.12. The topological polar surface area (TPSA) is 116 Å². The van der Waals surface area contributed by atoms with Crippen LogP contribution in [0.3, 0.4) is 0 Å². The number of nitrogens with two attached hydrogens (primary N) is 1. The maximum Gasteiger partial charge on any atom is 0.341 e. The van der Waals surface area contributed by atoms with Crippen molar-refractivity contribution < 1.29 is 27.1 Å². The van der Waals surface area contributed by atoms with E-state index in [0.29, 0.717) is 5.69 Å². The van der Waals surface area contributed by atoms with Crippen LogP contribution >= 0.6 is 0 Å². The number of hydrogen-bond acceptors (Lipinski definition) is 5. The number of rotatable bonds is 5. The largest absolute Gasteiger partial charge is 0.449 e. The molecular formula is C18H19FN2O5S. The number of amides is 1. The van der Waals surface area contributed by atoms with Crippen molar-refractivity contribution >= 4 is 27.6 Å². The Bertz CT molecular complexity index is 1000. The van der Waals surface area contributed by atoms with Gasteiger partial charge in [-0.05, 0) is 56.2 Å². The highest BCUT2D eigenvalue weighted by Gasteiger charge is 2.23. The monoisotopic (exact) mass is 394 g/mol. The van der Waals surface area contributed by atoms with Gasteiger partial charge >= 0.3 is 5.97 Å². The Morgan fingerprint density at radius 3 is 2.44 bits per heavy atom. The normalized spacial score (nSPS) is 12.3. The number of benzene rings is 2. The number of nitrogens with one attached hydrogen (secondary N) is 1. The summed E-state index contributed by atoms with van der Waals surface area (Å²) in [5.41, 5.74) is 1.68. The van der Waals surface area contributed by atoms with Crippen LogP contribution in [0.5, 0.6) is 0 Å². The third-order valence-corrected chi connectivity index (χ3v) is 4.70. The zero-order valence-corrected chi connectivity index (χ0v) is 15.8. The van der Waals surface area contributed by atoms with E-state index in [-0.39, 0.29) is 0 Å². The van der Waals surface area contributed by atoms with Crippen molar-refractivity contribution in [2.24, 2.45) is 5.14 Å². The van der Waals surface area contributed by atoms with Gasteiger partial charge < -0.3 is 10.1 Å². The second-order valence-electron chi connectivity index (χ2n) is 6.04. The molecular weight excluding hydrogens is 375 g/mol. The van der Waals surface area contributed by atoms with E-state index in [1.807, 2.05) is 19.1 Å². The quantitative estimate of drug-likeness (QED) is 0.755. The highest BCUT2D eigenvalue weighted by atomic mass is 32.2. The first-order chi connectivity index (χ1) is 12.5. The molecule has 0 aliphatic rings. The lowest BCUT2D eigenvalue weighted by molar-refractivity contribution is -0.123. The Hall–Kier alpha value is -2.78. The van der Waals surface area contributed by atoms with Crippen molar-refractivity contribution in [1.29, 1.82) is 0 Å². The van der Waals surface area contributed by atoms with Crippen LogP contribution in [0.15, 0.2) is 41.3 Å². The Kier molecular flexibility index (Phi) is 5.97. The van der Waals surface area contributed by atoms with Gasteiger partial charge in [0.05, 0.1) is 10.5 Å². The lowest BCUT2D eigenvalue weighted by Crippen LogP contribution is -2.30. The Morgan fingerprint density at radius 2 is 1.81 bits per heavy atom. The van der Waals surface area contributed by atoms with Gasteiger partial charge in [-0.15, -0.1) is 0 Å². The number of hydrogen-bond donors (Lipinski definition) is 2. The van der Waals surface area contributed by atoms with Gasteiger partial charge in [0, 0.05) is 5.69 Å². The van der Waals surface area contributed by atoms with Gasteiger partial charge in [-0.2, -0.15) is 0 Å². The van der Waals surface area contributed by atoms with Gasteiger partial charge in [0.2, 0.25) is 10.0 Å². The lowest BCUT2D eigenvalue weighted by atomic mass is 10.1. The van der Waals surface area contributed by atoms with E-state index >= 15 is 0 Å². The van der Waals surface area contributed by atoms with E-state index in [4.69, 9.17) is 9.88 Å². The summed E-state index contributed by atoms with van der Waals surface area (Å²) >= 11 is 0. The van der Waals surface area contributed by atoms with E-state index in [1.165, 1.54) is 6.92 Å². The van der Waals surface area contributed by atoms with Gasteiger partial charge in [-0.25, -0.2) is 22.7 Å². The minimum atomic E-state index is -4.12. The highest BCUT2D eigenvalue weighted by molar-refractivity contribution is 7.89. The van der Waals surface area contributed by atoms with E-state index < -0.39 is 44.3 Å². The van der Waals surface area contributed by atoms with Crippen LogP contribution in [0.1, 0.15) is 28.4 Å². The molecule has 144 valence electrons. The number of aryl methyl sites for hydroxylation is 2. The molecule has 0 bridgehead atoms. The van der Waals surface area contributed by atoms with Gasteiger partial charge in [0.1, 0.15) is 5.82 Å². The molecule has 2 aromatic rings. The molecule has 27 heavy (non-hydrogen) atoms. The number of carbonyl (C=O) groups excluding carboxylic acids is 2. The third kappa shape index (κ3) is 5.11. The van der Waals surface area contributed by atoms with Crippen molar-refractivity contribution in [3.63, 3.8) is 0 Å². The number of esters is 1. The zero-order chi connectivity index (χ0) is 20.4. The number of carbonyl (C=O) groups is 2. The average molecular weight is 394 g/mol. The molecule has 0 fully saturated rings. The van der Waals surface area contributed by atoms with Crippen molar-refractivity contribution in [1.82, 2.24) is 0 Å². The molecule has 0 saturated carbocycles. The van der Waals surface area contributed by atoms with Crippen molar-refractivity contribution in [2.75, 3.05) is 5.32 Å². The van der Waals surface area contributed by atoms with E-state index in [0.717, 1.165) is 29.3 Å². The van der Waals surface area contributed by atoms with Gasteiger partial charge in [0.15, 0.2) is 6.10 Å². The summed E-state index contributed by atoms with van der Waals surface area (Å²) in [4.78, 5) is 24.0. The number of primary sulfonamides is 1. The first-order valence-electron chi connectivity index (χ1n) is 7.90. The SMILES string of the molecule is Cc1ccc(C)c(NC(=O)[C@H](C)OC(=O)c2cc(S(N)(=O)=O)ccc2F)c1. The molecule has 1 amide bonds. The molecule has 7 nitrogen and oxygen atoms in total. The van der Waals surface area contributed by atoms with Crippen LogP contribution in [-0.2, 0) is 19.6 Å². The minimum Gasteiger partial charge on any atom is -0.449 e. The Balaban J connectivity index is 2.15. The minimum absolute atomic E-state index is 0.441. The van der Waals surface area contributed by atoms with Crippen LogP contribution in [0.2, 0.25) is 0 Å². The van der Waals surface area contributed by atoms with Crippen molar-refractivity contribution in [3.05, 3.63) is 58.9 Å². The van der Waals surface area contributed by atoms with Crippen LogP contribution in [0, 0.1) is 19.7 Å². The number of anilines is 1. The number of halogens is 1. The van der Waals surface area contributed by atoms with Gasteiger partial charge in [-0.1, -0.05) is 12.1 Å². The first kappa shape index (κ1) is 20.5. The fourth-order valence-electron chi connectivity index (χ4n) is 2.22. The smallest absolute Gasteiger partial charge is 0.341 e. The molecule has 2 aromatic carbocycles. The molecule has 9 heteroatoms. The van der Waals surface area contributed by atoms with Crippen LogP contribution < -0.4 is 10.5 Å². The molecule has 0 spiro atoms.